The molecule has 0 fully saturated rings. The van der Waals surface area contributed by atoms with Gasteiger partial charge in [-0.25, -0.2) is 0 Å². The second-order valence-electron chi connectivity index (χ2n) is 6.67. The SMILES string of the molecule is CCNC(=NCC(O)c1cc(OC)cc(OC)c1)NCCC1=CCCCC1.I. The largest absolute Gasteiger partial charge is 0.497 e. The number of halogens is 1. The lowest BCUT2D eigenvalue weighted by Crippen LogP contribution is -2.38. The molecule has 0 heterocycles. The normalized spacial score (nSPS) is 15.1. The monoisotopic (exact) mass is 503 g/mol. The van der Waals surface area contributed by atoms with Crippen LogP contribution in [0.25, 0.3) is 0 Å². The van der Waals surface area contributed by atoms with E-state index in [1.54, 1.807) is 32.4 Å². The van der Waals surface area contributed by atoms with Gasteiger partial charge in [0, 0.05) is 19.2 Å². The van der Waals surface area contributed by atoms with E-state index in [-0.39, 0.29) is 30.5 Å². The predicted molar refractivity (Wildman–Crippen MR) is 125 cm³/mol. The van der Waals surface area contributed by atoms with Gasteiger partial charge in [0.2, 0.25) is 0 Å². The topological polar surface area (TPSA) is 75.1 Å². The lowest BCUT2D eigenvalue weighted by atomic mass is 9.97. The average molecular weight is 503 g/mol. The van der Waals surface area contributed by atoms with Crippen LogP contribution in [0.4, 0.5) is 0 Å². The second kappa shape index (κ2) is 13.7. The summed E-state index contributed by atoms with van der Waals surface area (Å²) in [6.07, 6.45) is 7.72. The highest BCUT2D eigenvalue weighted by Crippen LogP contribution is 2.26. The number of methoxy groups -OCH3 is 2. The van der Waals surface area contributed by atoms with Crippen molar-refractivity contribution in [2.45, 2.75) is 45.1 Å². The average Bonchev–Trinajstić information content (AvgIpc) is 2.72. The van der Waals surface area contributed by atoms with Crippen LogP contribution in [-0.2, 0) is 0 Å². The van der Waals surface area contributed by atoms with E-state index < -0.39 is 6.10 Å². The van der Waals surface area contributed by atoms with Crippen molar-refractivity contribution >= 4 is 29.9 Å². The molecule has 0 aliphatic heterocycles. The highest BCUT2D eigenvalue weighted by molar-refractivity contribution is 14.0. The molecule has 1 aromatic rings. The van der Waals surface area contributed by atoms with E-state index in [4.69, 9.17) is 9.47 Å². The highest BCUT2D eigenvalue weighted by atomic mass is 127. The van der Waals surface area contributed by atoms with Crippen LogP contribution in [0.2, 0.25) is 0 Å². The van der Waals surface area contributed by atoms with E-state index in [0.29, 0.717) is 11.5 Å². The van der Waals surface area contributed by atoms with Gasteiger partial charge >= 0.3 is 0 Å². The first-order valence-electron chi connectivity index (χ1n) is 9.77. The van der Waals surface area contributed by atoms with Crippen molar-refractivity contribution in [2.75, 3.05) is 33.9 Å². The molecule has 0 amide bonds. The molecule has 6 nitrogen and oxygen atoms in total. The number of allylic oxidation sites excluding steroid dienone is 1. The minimum atomic E-state index is -0.731. The number of benzene rings is 1. The first-order valence-corrected chi connectivity index (χ1v) is 9.77. The second-order valence-corrected chi connectivity index (χ2v) is 6.67. The summed E-state index contributed by atoms with van der Waals surface area (Å²) in [6.45, 7) is 3.91. The Bertz CT molecular complexity index is 628. The maximum absolute atomic E-state index is 10.5. The van der Waals surface area contributed by atoms with E-state index in [1.807, 2.05) is 6.92 Å². The van der Waals surface area contributed by atoms with Crippen molar-refractivity contribution in [3.05, 3.63) is 35.4 Å². The lowest BCUT2D eigenvalue weighted by Gasteiger charge is -2.16. The zero-order valence-corrected chi connectivity index (χ0v) is 19.5. The fourth-order valence-corrected chi connectivity index (χ4v) is 3.12. The van der Waals surface area contributed by atoms with E-state index in [2.05, 4.69) is 21.7 Å². The molecule has 1 aromatic carbocycles. The van der Waals surface area contributed by atoms with Crippen LogP contribution in [0.3, 0.4) is 0 Å². The number of nitrogens with zero attached hydrogens (tertiary/aromatic N) is 1. The third-order valence-corrected chi connectivity index (χ3v) is 4.65. The minimum Gasteiger partial charge on any atom is -0.497 e. The van der Waals surface area contributed by atoms with Gasteiger partial charge in [0.05, 0.1) is 26.9 Å². The van der Waals surface area contributed by atoms with Crippen LogP contribution in [0.5, 0.6) is 11.5 Å². The Kier molecular flexibility index (Phi) is 12.0. The number of hydrogen-bond acceptors (Lipinski definition) is 4. The molecule has 0 spiro atoms. The number of aliphatic hydroxyl groups excluding tert-OH is 1. The van der Waals surface area contributed by atoms with Crippen molar-refractivity contribution in [1.29, 1.82) is 0 Å². The summed E-state index contributed by atoms with van der Waals surface area (Å²) in [5, 5.41) is 17.1. The summed E-state index contributed by atoms with van der Waals surface area (Å²) in [7, 11) is 3.19. The number of guanidine groups is 1. The van der Waals surface area contributed by atoms with Crippen molar-refractivity contribution in [1.82, 2.24) is 10.6 Å². The van der Waals surface area contributed by atoms with Gasteiger partial charge in [-0.15, -0.1) is 24.0 Å². The van der Waals surface area contributed by atoms with Crippen LogP contribution in [0.15, 0.2) is 34.8 Å². The first-order chi connectivity index (χ1) is 13.2. The van der Waals surface area contributed by atoms with E-state index in [1.165, 1.54) is 31.3 Å². The molecular formula is C21H34IN3O3. The van der Waals surface area contributed by atoms with E-state index in [9.17, 15) is 5.11 Å². The van der Waals surface area contributed by atoms with E-state index in [0.717, 1.165) is 31.0 Å². The molecular weight excluding hydrogens is 469 g/mol. The molecule has 1 aliphatic rings. The fourth-order valence-electron chi connectivity index (χ4n) is 3.12. The van der Waals surface area contributed by atoms with Crippen LogP contribution >= 0.6 is 24.0 Å². The molecule has 0 aromatic heterocycles. The third kappa shape index (κ3) is 8.26. The van der Waals surface area contributed by atoms with Crippen LogP contribution < -0.4 is 20.1 Å². The van der Waals surface area contributed by atoms with Crippen LogP contribution in [0, 0.1) is 0 Å². The summed E-state index contributed by atoms with van der Waals surface area (Å²) in [5.74, 6) is 2.03. The van der Waals surface area contributed by atoms with Gasteiger partial charge in [0.25, 0.3) is 0 Å². The van der Waals surface area contributed by atoms with Crippen molar-refractivity contribution < 1.29 is 14.6 Å². The van der Waals surface area contributed by atoms with E-state index >= 15 is 0 Å². The molecule has 158 valence electrons. The number of hydrogen-bond donors (Lipinski definition) is 3. The van der Waals surface area contributed by atoms with Gasteiger partial charge < -0.3 is 25.2 Å². The van der Waals surface area contributed by atoms with Gasteiger partial charge in [0.1, 0.15) is 11.5 Å². The summed E-state index contributed by atoms with van der Waals surface area (Å²) in [6, 6.07) is 5.39. The van der Waals surface area contributed by atoms with Crippen molar-refractivity contribution in [3.8, 4) is 11.5 Å². The van der Waals surface area contributed by atoms with Gasteiger partial charge in [-0.05, 0) is 56.7 Å². The molecule has 1 unspecified atom stereocenters. The maximum Gasteiger partial charge on any atom is 0.191 e. The predicted octanol–water partition coefficient (Wildman–Crippen LogP) is 3.80. The minimum absolute atomic E-state index is 0. The Morgan fingerprint density at radius 1 is 1.14 bits per heavy atom. The molecule has 0 bridgehead atoms. The van der Waals surface area contributed by atoms with Crippen molar-refractivity contribution in [3.63, 3.8) is 0 Å². The summed E-state index contributed by atoms with van der Waals surface area (Å²) < 4.78 is 10.5. The summed E-state index contributed by atoms with van der Waals surface area (Å²) >= 11 is 0. The zero-order valence-electron chi connectivity index (χ0n) is 17.2. The maximum atomic E-state index is 10.5. The molecule has 1 atom stereocenters. The zero-order chi connectivity index (χ0) is 19.5. The lowest BCUT2D eigenvalue weighted by molar-refractivity contribution is 0.186. The standard InChI is InChI=1S/C21H33N3O3.HI/c1-4-22-21(23-11-10-16-8-6-5-7-9-16)24-15-20(25)17-12-18(26-2)14-19(13-17)27-3;/h8,12-14,20,25H,4-7,9-11,15H2,1-3H3,(H2,22,23,24);1H. The number of nitrogens with one attached hydrogen (secondary N) is 2. The number of ether oxygens (including phenoxy) is 2. The quantitative estimate of drug-likeness (QED) is 0.207. The Balaban J connectivity index is 0.00000392. The number of aliphatic hydroxyl groups is 1. The van der Waals surface area contributed by atoms with Gasteiger partial charge in [-0.1, -0.05) is 11.6 Å². The highest BCUT2D eigenvalue weighted by Gasteiger charge is 2.11. The Morgan fingerprint density at radius 2 is 1.86 bits per heavy atom. The molecule has 0 saturated heterocycles. The molecule has 1 aliphatic carbocycles. The Labute approximate surface area is 185 Å². The van der Waals surface area contributed by atoms with Gasteiger partial charge in [0.15, 0.2) is 5.96 Å². The smallest absolute Gasteiger partial charge is 0.191 e. The van der Waals surface area contributed by atoms with Crippen LogP contribution in [-0.4, -0.2) is 44.9 Å². The fraction of sp³-hybridized carbons (Fsp3) is 0.571. The van der Waals surface area contributed by atoms with Crippen LogP contribution in [0.1, 0.15) is 50.7 Å². The van der Waals surface area contributed by atoms with Gasteiger partial charge in [-0.2, -0.15) is 0 Å². The number of aliphatic imine (C=N–C) groups is 1. The van der Waals surface area contributed by atoms with Crippen molar-refractivity contribution in [2.24, 2.45) is 4.99 Å². The molecule has 0 radical (unpaired) electrons. The molecule has 7 heteroatoms. The summed E-state index contributed by atoms with van der Waals surface area (Å²) in [5.41, 5.74) is 2.26. The Morgan fingerprint density at radius 3 is 2.43 bits per heavy atom. The molecule has 0 saturated carbocycles. The first kappa shape index (κ1) is 24.6. The number of rotatable bonds is 9. The Hall–Kier alpha value is -1.48. The third-order valence-electron chi connectivity index (χ3n) is 4.65. The molecule has 3 N–H and O–H groups in total. The molecule has 28 heavy (non-hydrogen) atoms. The molecule has 2 rings (SSSR count). The van der Waals surface area contributed by atoms with Gasteiger partial charge in [-0.3, -0.25) is 4.99 Å². The summed E-state index contributed by atoms with van der Waals surface area (Å²) in [4.78, 5) is 4.53.